The first-order valence-electron chi connectivity index (χ1n) is 2.99. The summed E-state index contributed by atoms with van der Waals surface area (Å²) >= 11 is 0. The molecule has 1 aliphatic rings. The van der Waals surface area contributed by atoms with Gasteiger partial charge in [-0.2, -0.15) is 0 Å². The molecule has 0 saturated heterocycles. The first-order chi connectivity index (χ1) is 4.20. The summed E-state index contributed by atoms with van der Waals surface area (Å²) in [6.45, 7) is 0. The fourth-order valence-electron chi connectivity index (χ4n) is 0.899. The second-order valence-corrected chi connectivity index (χ2v) is 2.30. The van der Waals surface area contributed by atoms with Crippen molar-refractivity contribution in [2.45, 2.75) is 25.4 Å². The van der Waals surface area contributed by atoms with E-state index in [-0.39, 0.29) is 12.1 Å². The highest BCUT2D eigenvalue weighted by atomic mass is 19.1. The molecule has 9 heavy (non-hydrogen) atoms. The van der Waals surface area contributed by atoms with Crippen LogP contribution >= 0.6 is 0 Å². The molecule has 2 N–H and O–H groups in total. The Hall–Kier alpha value is -0.730. The molecule has 2 nitrogen and oxygen atoms in total. The Kier molecular flexibility index (Phi) is 1.60. The Morgan fingerprint density at radius 2 is 2.00 bits per heavy atom. The van der Waals surface area contributed by atoms with Crippen molar-refractivity contribution in [2.75, 3.05) is 0 Å². The predicted molar refractivity (Wildman–Crippen MR) is 34.2 cm³/mol. The monoisotopic (exact) mass is 128 g/mol. The van der Waals surface area contributed by atoms with Crippen molar-refractivity contribution >= 4 is 11.4 Å². The van der Waals surface area contributed by atoms with E-state index in [4.69, 9.17) is 10.8 Å². The van der Waals surface area contributed by atoms with Crippen molar-refractivity contribution in [3.05, 3.63) is 0 Å². The molecule has 1 atom stereocenters. The second kappa shape index (κ2) is 2.25. The lowest BCUT2D eigenvalue weighted by atomic mass is 9.95. The third kappa shape index (κ3) is 1.34. The van der Waals surface area contributed by atoms with Crippen molar-refractivity contribution in [2.24, 2.45) is 0 Å². The van der Waals surface area contributed by atoms with Crippen LogP contribution in [0.1, 0.15) is 19.3 Å². The summed E-state index contributed by atoms with van der Waals surface area (Å²) in [6.07, 6.45) is 0.159. The molecular formula is C6H9FN2. The molecule has 0 aromatic carbocycles. The van der Waals surface area contributed by atoms with E-state index in [2.05, 4.69) is 0 Å². The molecular weight excluding hydrogens is 119 g/mol. The topological polar surface area (TPSA) is 47.7 Å². The van der Waals surface area contributed by atoms with Gasteiger partial charge in [0.25, 0.3) is 0 Å². The molecule has 50 valence electrons. The Labute approximate surface area is 53.1 Å². The minimum Gasteiger partial charge on any atom is -0.303 e. The van der Waals surface area contributed by atoms with Gasteiger partial charge in [0.15, 0.2) is 0 Å². The molecule has 0 aromatic heterocycles. The van der Waals surface area contributed by atoms with Gasteiger partial charge in [-0.1, -0.05) is 0 Å². The van der Waals surface area contributed by atoms with Crippen LogP contribution in [0.3, 0.4) is 0 Å². The maximum Gasteiger partial charge on any atom is 0.106 e. The number of hydrogen-bond acceptors (Lipinski definition) is 2. The molecule has 1 unspecified atom stereocenters. The van der Waals surface area contributed by atoms with Gasteiger partial charge in [-0.05, 0) is 12.8 Å². The van der Waals surface area contributed by atoms with Crippen molar-refractivity contribution in [3.63, 3.8) is 0 Å². The third-order valence-electron chi connectivity index (χ3n) is 1.50. The quantitative estimate of drug-likeness (QED) is 0.497. The van der Waals surface area contributed by atoms with Gasteiger partial charge in [0.2, 0.25) is 0 Å². The SMILES string of the molecule is N=C1CCC(F)CC1=N. The molecule has 3 heteroatoms. The number of alkyl halides is 1. The predicted octanol–water partition coefficient (Wildman–Crippen LogP) is 1.55. The minimum absolute atomic E-state index is 0.152. The van der Waals surface area contributed by atoms with Crippen molar-refractivity contribution in [1.29, 1.82) is 10.8 Å². The first-order valence-corrected chi connectivity index (χ1v) is 2.99. The van der Waals surface area contributed by atoms with Crippen LogP contribution in [0, 0.1) is 10.8 Å². The molecule has 1 rings (SSSR count). The molecule has 0 amide bonds. The fourth-order valence-corrected chi connectivity index (χ4v) is 0.899. The zero-order valence-electron chi connectivity index (χ0n) is 5.08. The van der Waals surface area contributed by atoms with Gasteiger partial charge < -0.3 is 10.8 Å². The maximum absolute atomic E-state index is 12.4. The van der Waals surface area contributed by atoms with Gasteiger partial charge in [-0.25, -0.2) is 4.39 Å². The van der Waals surface area contributed by atoms with Crippen LogP contribution in [0.5, 0.6) is 0 Å². The normalized spacial score (nSPS) is 28.8. The summed E-state index contributed by atoms with van der Waals surface area (Å²) in [5.41, 5.74) is 0.484. The lowest BCUT2D eigenvalue weighted by Gasteiger charge is -2.15. The zero-order chi connectivity index (χ0) is 6.85. The van der Waals surface area contributed by atoms with Gasteiger partial charge >= 0.3 is 0 Å². The van der Waals surface area contributed by atoms with E-state index >= 15 is 0 Å². The lowest BCUT2D eigenvalue weighted by Crippen LogP contribution is -2.24. The van der Waals surface area contributed by atoms with Crippen LogP contribution in [-0.2, 0) is 0 Å². The van der Waals surface area contributed by atoms with Crippen molar-refractivity contribution in [3.8, 4) is 0 Å². The number of halogens is 1. The Morgan fingerprint density at radius 1 is 1.33 bits per heavy atom. The zero-order valence-corrected chi connectivity index (χ0v) is 5.08. The van der Waals surface area contributed by atoms with E-state index in [0.717, 1.165) is 0 Å². The summed E-state index contributed by atoms with van der Waals surface area (Å²) < 4.78 is 12.4. The number of nitrogens with one attached hydrogen (secondary N) is 2. The van der Waals surface area contributed by atoms with Crippen molar-refractivity contribution in [1.82, 2.24) is 0 Å². The van der Waals surface area contributed by atoms with Crippen LogP contribution in [0.2, 0.25) is 0 Å². The second-order valence-electron chi connectivity index (χ2n) is 2.30. The van der Waals surface area contributed by atoms with E-state index < -0.39 is 6.17 Å². The molecule has 0 bridgehead atoms. The smallest absolute Gasteiger partial charge is 0.106 e. The Bertz CT molecular complexity index is 153. The maximum atomic E-state index is 12.4. The summed E-state index contributed by atoms with van der Waals surface area (Å²) in [5, 5.41) is 14.2. The van der Waals surface area contributed by atoms with Gasteiger partial charge in [-0.15, -0.1) is 0 Å². The summed E-state index contributed by atoms with van der Waals surface area (Å²) in [4.78, 5) is 0. The van der Waals surface area contributed by atoms with Crippen LogP contribution in [0.4, 0.5) is 4.39 Å². The Balaban J connectivity index is 2.54. The molecule has 0 aliphatic heterocycles. The molecule has 1 saturated carbocycles. The fraction of sp³-hybridized carbons (Fsp3) is 0.667. The van der Waals surface area contributed by atoms with E-state index in [9.17, 15) is 4.39 Å². The summed E-state index contributed by atoms with van der Waals surface area (Å²) in [6, 6.07) is 0. The van der Waals surface area contributed by atoms with Gasteiger partial charge in [-0.3, -0.25) is 0 Å². The Morgan fingerprint density at radius 3 is 2.44 bits per heavy atom. The lowest BCUT2D eigenvalue weighted by molar-refractivity contribution is 0.323. The average Bonchev–Trinajstić information content (AvgIpc) is 1.80. The van der Waals surface area contributed by atoms with Crippen LogP contribution in [0.25, 0.3) is 0 Å². The van der Waals surface area contributed by atoms with Crippen LogP contribution in [-0.4, -0.2) is 17.6 Å². The largest absolute Gasteiger partial charge is 0.303 e. The average molecular weight is 128 g/mol. The highest BCUT2D eigenvalue weighted by Crippen LogP contribution is 2.14. The van der Waals surface area contributed by atoms with E-state index in [1.54, 1.807) is 0 Å². The van der Waals surface area contributed by atoms with Gasteiger partial charge in [0, 0.05) is 6.42 Å². The number of rotatable bonds is 0. The number of hydrogen-bond donors (Lipinski definition) is 2. The highest BCUT2D eigenvalue weighted by Gasteiger charge is 2.19. The summed E-state index contributed by atoms with van der Waals surface area (Å²) in [5.74, 6) is 0. The standard InChI is InChI=1S/C6H9FN2/c7-4-1-2-5(8)6(9)3-4/h4,8-9H,1-3H2. The molecule has 0 aromatic rings. The molecule has 0 heterocycles. The van der Waals surface area contributed by atoms with E-state index in [1.165, 1.54) is 0 Å². The first kappa shape index (κ1) is 6.39. The van der Waals surface area contributed by atoms with E-state index in [0.29, 0.717) is 18.6 Å². The summed E-state index contributed by atoms with van der Waals surface area (Å²) in [7, 11) is 0. The third-order valence-corrected chi connectivity index (χ3v) is 1.50. The van der Waals surface area contributed by atoms with Crippen LogP contribution in [0.15, 0.2) is 0 Å². The molecule has 0 radical (unpaired) electrons. The van der Waals surface area contributed by atoms with Gasteiger partial charge in [0.05, 0.1) is 11.4 Å². The minimum atomic E-state index is -0.869. The van der Waals surface area contributed by atoms with Gasteiger partial charge in [0.1, 0.15) is 6.17 Å². The molecule has 0 spiro atoms. The molecule has 1 fully saturated rings. The highest BCUT2D eigenvalue weighted by molar-refractivity contribution is 6.40. The van der Waals surface area contributed by atoms with Crippen molar-refractivity contribution < 1.29 is 4.39 Å². The van der Waals surface area contributed by atoms with Crippen LogP contribution < -0.4 is 0 Å². The van der Waals surface area contributed by atoms with E-state index in [1.807, 2.05) is 0 Å². The molecule has 1 aliphatic carbocycles.